The number of hydrogen-bond acceptors (Lipinski definition) is 5. The zero-order valence-electron chi connectivity index (χ0n) is 25.2. The maximum atomic E-state index is 14.5. The lowest BCUT2D eigenvalue weighted by atomic mass is 9.88. The molecule has 2 N–H and O–H groups in total. The van der Waals surface area contributed by atoms with Gasteiger partial charge in [-0.2, -0.15) is 0 Å². The molecule has 6 rings (SSSR count). The highest BCUT2D eigenvalue weighted by atomic mass is 32.2. The Morgan fingerprint density at radius 2 is 1.82 bits per heavy atom. The molecule has 1 atom stereocenters. The van der Waals surface area contributed by atoms with Crippen LogP contribution in [-0.4, -0.2) is 63.6 Å². The van der Waals surface area contributed by atoms with Crippen molar-refractivity contribution in [2.45, 2.75) is 25.7 Å². The van der Waals surface area contributed by atoms with Gasteiger partial charge in [-0.15, -0.1) is 0 Å². The zero-order chi connectivity index (χ0) is 32.2. The molecule has 0 saturated carbocycles. The number of sulfonamides is 1. The van der Waals surface area contributed by atoms with Gasteiger partial charge in [0.25, 0.3) is 11.8 Å². The van der Waals surface area contributed by atoms with Crippen LogP contribution < -0.4 is 9.62 Å². The molecule has 9 nitrogen and oxygen atoms in total. The first-order chi connectivity index (χ1) is 21.4. The third-order valence-electron chi connectivity index (χ3n) is 8.64. The second-order valence-electron chi connectivity index (χ2n) is 11.4. The Morgan fingerprint density at radius 3 is 2.49 bits per heavy atom. The highest BCUT2D eigenvalue weighted by Crippen LogP contribution is 2.42. The fourth-order valence-corrected chi connectivity index (χ4v) is 6.70. The summed E-state index contributed by atoms with van der Waals surface area (Å²) in [6, 6.07) is 13.6. The van der Waals surface area contributed by atoms with Gasteiger partial charge in [-0.25, -0.2) is 17.2 Å². The summed E-state index contributed by atoms with van der Waals surface area (Å²) in [5.41, 5.74) is 3.20. The number of anilines is 1. The first kappa shape index (κ1) is 30.3. The number of para-hydroxylation sites is 1. The van der Waals surface area contributed by atoms with Crippen molar-refractivity contribution < 1.29 is 31.2 Å². The monoisotopic (exact) mass is 634 g/mol. The Labute approximate surface area is 258 Å². The molecule has 3 aromatic carbocycles. The van der Waals surface area contributed by atoms with Crippen LogP contribution in [0.15, 0.2) is 59.0 Å². The predicted molar refractivity (Wildman–Crippen MR) is 169 cm³/mol. The van der Waals surface area contributed by atoms with Crippen molar-refractivity contribution in [2.24, 2.45) is 0 Å². The Balaban J connectivity index is 1.47. The molecule has 2 amide bonds. The topological polar surface area (TPSA) is 116 Å². The van der Waals surface area contributed by atoms with Crippen LogP contribution in [-0.2, 0) is 10.0 Å². The molecule has 1 saturated heterocycles. The number of carbonyl (C=O) groups is 2. The molecule has 2 aromatic heterocycles. The minimum Gasteiger partial charge on any atom is -0.455 e. The molecule has 12 heteroatoms. The molecule has 0 aliphatic carbocycles. The summed E-state index contributed by atoms with van der Waals surface area (Å²) < 4.78 is 61.1. The first-order valence-electron chi connectivity index (χ1n) is 14.5. The number of rotatable bonds is 6. The number of amides is 2. The average Bonchev–Trinajstić information content (AvgIpc) is 3.57. The molecule has 5 aromatic rings. The van der Waals surface area contributed by atoms with Crippen molar-refractivity contribution in [2.75, 3.05) is 37.7 Å². The summed E-state index contributed by atoms with van der Waals surface area (Å²) in [6.07, 6.45) is 2.38. The third kappa shape index (κ3) is 5.33. The normalized spacial score (nSPS) is 15.5. The van der Waals surface area contributed by atoms with Crippen LogP contribution in [0.4, 0.5) is 14.5 Å². The first-order valence-corrected chi connectivity index (χ1v) is 16.3. The number of H-pyrrole nitrogens is 1. The molecule has 0 radical (unpaired) electrons. The maximum absolute atomic E-state index is 14.5. The smallest absolute Gasteiger partial charge is 0.270 e. The number of nitrogens with one attached hydrogen (secondary N) is 2. The van der Waals surface area contributed by atoms with E-state index < -0.39 is 27.6 Å². The Morgan fingerprint density at radius 1 is 1.09 bits per heavy atom. The summed E-state index contributed by atoms with van der Waals surface area (Å²) >= 11 is 0. The second-order valence-corrected chi connectivity index (χ2v) is 13.4. The molecule has 45 heavy (non-hydrogen) atoms. The van der Waals surface area contributed by atoms with Crippen molar-refractivity contribution in [1.82, 2.24) is 15.2 Å². The summed E-state index contributed by atoms with van der Waals surface area (Å²) in [4.78, 5) is 31.7. The molecule has 3 heterocycles. The third-order valence-corrected chi connectivity index (χ3v) is 9.83. The van der Waals surface area contributed by atoms with Crippen LogP contribution in [0.25, 0.3) is 33.2 Å². The van der Waals surface area contributed by atoms with Crippen LogP contribution in [0, 0.1) is 18.6 Å². The average molecular weight is 635 g/mol. The van der Waals surface area contributed by atoms with Gasteiger partial charge in [0, 0.05) is 55.5 Å². The molecule has 234 valence electrons. The number of hydrogen-bond donors (Lipinski definition) is 2. The second kappa shape index (κ2) is 11.3. The fourth-order valence-electron chi connectivity index (χ4n) is 6.19. The van der Waals surface area contributed by atoms with E-state index >= 15 is 0 Å². The van der Waals surface area contributed by atoms with Gasteiger partial charge in [-0.3, -0.25) is 13.9 Å². The number of aromatic nitrogens is 1. The number of fused-ring (bicyclic) bond motifs is 2. The highest BCUT2D eigenvalue weighted by molar-refractivity contribution is 7.92. The van der Waals surface area contributed by atoms with Gasteiger partial charge < -0.3 is 19.6 Å². The summed E-state index contributed by atoms with van der Waals surface area (Å²) in [6.45, 7) is 2.51. The van der Waals surface area contributed by atoms with Crippen LogP contribution >= 0.6 is 0 Å². The fraction of sp³-hybridized carbons (Fsp3) is 0.273. The van der Waals surface area contributed by atoms with Crippen LogP contribution in [0.3, 0.4) is 0 Å². The van der Waals surface area contributed by atoms with Gasteiger partial charge in [0.05, 0.1) is 23.0 Å². The van der Waals surface area contributed by atoms with Gasteiger partial charge >= 0.3 is 0 Å². The summed E-state index contributed by atoms with van der Waals surface area (Å²) in [5, 5.41) is 3.73. The van der Waals surface area contributed by atoms with E-state index in [0.717, 1.165) is 10.6 Å². The van der Waals surface area contributed by atoms with E-state index in [4.69, 9.17) is 4.42 Å². The summed E-state index contributed by atoms with van der Waals surface area (Å²) in [5.74, 6) is -1.67. The molecule has 0 bridgehead atoms. The predicted octanol–water partition coefficient (Wildman–Crippen LogP) is 5.94. The van der Waals surface area contributed by atoms with Crippen LogP contribution in [0.2, 0.25) is 0 Å². The number of aromatic amines is 1. The number of likely N-dealkylation sites (tertiary alicyclic amines) is 1. The van der Waals surface area contributed by atoms with E-state index in [9.17, 15) is 26.8 Å². The number of benzene rings is 3. The van der Waals surface area contributed by atoms with E-state index in [1.807, 2.05) is 0 Å². The number of aryl methyl sites for hydroxylation is 1. The lowest BCUT2D eigenvalue weighted by Gasteiger charge is -2.34. The molecular weight excluding hydrogens is 602 g/mol. The van der Waals surface area contributed by atoms with Crippen molar-refractivity contribution in [3.05, 3.63) is 88.6 Å². The SMILES string of the molecule is CNC(=O)c1c(-c2ccc(F)cc2)oc2cc(N(C)S(C)(=O)=O)c([C@H]3CCCN(C(=O)c4[nH]c5c(F)cccc5c4C)C3)cc12. The van der Waals surface area contributed by atoms with E-state index in [0.29, 0.717) is 58.2 Å². The molecular formula is C33H32F2N4O5S. The Bertz CT molecular complexity index is 2090. The number of halogens is 2. The van der Waals surface area contributed by atoms with Crippen LogP contribution in [0.5, 0.6) is 0 Å². The largest absolute Gasteiger partial charge is 0.455 e. The molecule has 1 aliphatic heterocycles. The maximum Gasteiger partial charge on any atom is 0.270 e. The summed E-state index contributed by atoms with van der Waals surface area (Å²) in [7, 11) is -0.782. The number of nitrogens with zero attached hydrogens (tertiary/aromatic N) is 2. The van der Waals surface area contributed by atoms with E-state index in [1.165, 1.54) is 44.4 Å². The Kier molecular flexibility index (Phi) is 7.64. The van der Waals surface area contributed by atoms with Gasteiger partial charge in [-0.05, 0) is 67.3 Å². The molecule has 0 spiro atoms. The lowest BCUT2D eigenvalue weighted by Crippen LogP contribution is -2.40. The van der Waals surface area contributed by atoms with Gasteiger partial charge in [-0.1, -0.05) is 12.1 Å². The zero-order valence-corrected chi connectivity index (χ0v) is 26.0. The van der Waals surface area contributed by atoms with Gasteiger partial charge in [0.1, 0.15) is 28.7 Å². The van der Waals surface area contributed by atoms with E-state index in [2.05, 4.69) is 10.3 Å². The minimum atomic E-state index is -3.71. The van der Waals surface area contributed by atoms with Crippen molar-refractivity contribution in [3.8, 4) is 11.3 Å². The lowest BCUT2D eigenvalue weighted by molar-refractivity contribution is 0.0701. The Hall–Kier alpha value is -4.71. The number of piperidine rings is 1. The molecule has 1 fully saturated rings. The number of carbonyl (C=O) groups excluding carboxylic acids is 2. The number of furan rings is 1. The van der Waals surface area contributed by atoms with Gasteiger partial charge in [0.15, 0.2) is 0 Å². The standard InChI is InChI=1S/C33H32F2N4O5S/c1-18-22-8-5-9-25(35)30(22)37-29(18)33(41)39-14-6-7-20(17-39)23-15-24-27(16-26(23)38(3)45(4,42)43)44-31(28(24)32(40)36-2)19-10-12-21(34)13-11-19/h5,8-13,15-16,20,37H,6-7,14,17H2,1-4H3,(H,36,40)/t20-/m0/s1. The quantitative estimate of drug-likeness (QED) is 0.240. The highest BCUT2D eigenvalue weighted by Gasteiger charge is 2.32. The minimum absolute atomic E-state index is 0.219. The molecule has 1 aliphatic rings. The van der Waals surface area contributed by atoms with Crippen molar-refractivity contribution in [3.63, 3.8) is 0 Å². The molecule has 0 unspecified atom stereocenters. The van der Waals surface area contributed by atoms with E-state index in [-0.39, 0.29) is 40.8 Å². The van der Waals surface area contributed by atoms with Crippen molar-refractivity contribution >= 4 is 49.4 Å². The van der Waals surface area contributed by atoms with Gasteiger partial charge in [0.2, 0.25) is 10.0 Å². The van der Waals surface area contributed by atoms with Crippen LogP contribution in [0.1, 0.15) is 50.7 Å². The van der Waals surface area contributed by atoms with Crippen molar-refractivity contribution in [1.29, 1.82) is 0 Å². The van der Waals surface area contributed by atoms with E-state index in [1.54, 1.807) is 36.1 Å².